The normalized spacial score (nSPS) is 14.0. The largest absolute Gasteiger partial charge is 0.494 e. The first-order valence-corrected chi connectivity index (χ1v) is 10.2. The van der Waals surface area contributed by atoms with Crippen molar-refractivity contribution in [2.24, 2.45) is 0 Å². The van der Waals surface area contributed by atoms with Gasteiger partial charge in [-0.1, -0.05) is 25.5 Å². The number of nitrogens with zero attached hydrogens (tertiary/aromatic N) is 3. The van der Waals surface area contributed by atoms with Gasteiger partial charge in [-0.15, -0.1) is 5.10 Å². The molecular formula is C22H27N5O2. The highest BCUT2D eigenvalue weighted by atomic mass is 16.5. The first-order chi connectivity index (χ1) is 14.3. The quantitative estimate of drug-likeness (QED) is 0.558. The van der Waals surface area contributed by atoms with Crippen molar-refractivity contribution in [3.8, 4) is 17.1 Å². The zero-order valence-electron chi connectivity index (χ0n) is 16.7. The molecule has 0 spiro atoms. The van der Waals surface area contributed by atoms with Crippen molar-refractivity contribution in [2.45, 2.75) is 19.8 Å². The molecule has 0 saturated carbocycles. The summed E-state index contributed by atoms with van der Waals surface area (Å²) in [7, 11) is 0. The van der Waals surface area contributed by atoms with Crippen LogP contribution in [0.1, 0.15) is 19.8 Å². The zero-order valence-corrected chi connectivity index (χ0v) is 16.7. The molecule has 0 unspecified atom stereocenters. The summed E-state index contributed by atoms with van der Waals surface area (Å²) >= 11 is 0. The SMILES string of the molecule is CCCCOc1cccc(-c2nc(Nc3ccc(N4CCOCC4)cc3)n[nH]2)c1. The Hall–Kier alpha value is -3.06. The fourth-order valence-electron chi connectivity index (χ4n) is 3.22. The van der Waals surface area contributed by atoms with Crippen LogP contribution in [-0.2, 0) is 4.74 Å². The highest BCUT2D eigenvalue weighted by Gasteiger charge is 2.11. The van der Waals surface area contributed by atoms with Crippen molar-refractivity contribution < 1.29 is 9.47 Å². The molecule has 0 aliphatic carbocycles. The van der Waals surface area contributed by atoms with E-state index in [1.807, 2.05) is 36.4 Å². The van der Waals surface area contributed by atoms with Crippen LogP contribution in [0, 0.1) is 0 Å². The molecule has 1 aromatic heterocycles. The molecule has 2 aromatic carbocycles. The first-order valence-electron chi connectivity index (χ1n) is 10.2. The molecule has 7 nitrogen and oxygen atoms in total. The number of aromatic nitrogens is 3. The number of hydrogen-bond donors (Lipinski definition) is 2. The maximum Gasteiger partial charge on any atom is 0.246 e. The van der Waals surface area contributed by atoms with Gasteiger partial charge < -0.3 is 19.7 Å². The van der Waals surface area contributed by atoms with Gasteiger partial charge >= 0.3 is 0 Å². The van der Waals surface area contributed by atoms with Gasteiger partial charge in [0.1, 0.15) is 5.75 Å². The van der Waals surface area contributed by atoms with Crippen molar-refractivity contribution in [3.05, 3.63) is 48.5 Å². The van der Waals surface area contributed by atoms with Crippen LogP contribution in [0.4, 0.5) is 17.3 Å². The van der Waals surface area contributed by atoms with E-state index in [1.54, 1.807) is 0 Å². The van der Waals surface area contributed by atoms with Gasteiger partial charge in [0.2, 0.25) is 5.95 Å². The minimum atomic E-state index is 0.538. The van der Waals surface area contributed by atoms with Crippen LogP contribution in [0.3, 0.4) is 0 Å². The van der Waals surface area contributed by atoms with E-state index >= 15 is 0 Å². The Bertz CT molecular complexity index is 904. The molecule has 2 heterocycles. The van der Waals surface area contributed by atoms with E-state index in [2.05, 4.69) is 44.5 Å². The van der Waals surface area contributed by atoms with E-state index in [4.69, 9.17) is 9.47 Å². The van der Waals surface area contributed by atoms with E-state index in [1.165, 1.54) is 5.69 Å². The number of H-pyrrole nitrogens is 1. The summed E-state index contributed by atoms with van der Waals surface area (Å²) in [6, 6.07) is 16.2. The molecule has 3 aromatic rings. The Morgan fingerprint density at radius 2 is 1.97 bits per heavy atom. The number of benzene rings is 2. The number of morpholine rings is 1. The Labute approximate surface area is 171 Å². The van der Waals surface area contributed by atoms with Gasteiger partial charge in [-0.25, -0.2) is 0 Å². The van der Waals surface area contributed by atoms with Crippen molar-refractivity contribution in [1.82, 2.24) is 15.2 Å². The number of ether oxygens (including phenoxy) is 2. The van der Waals surface area contributed by atoms with Crippen molar-refractivity contribution in [2.75, 3.05) is 43.1 Å². The van der Waals surface area contributed by atoms with Crippen LogP contribution in [0.25, 0.3) is 11.4 Å². The second-order valence-electron chi connectivity index (χ2n) is 7.01. The third-order valence-corrected chi connectivity index (χ3v) is 4.86. The van der Waals surface area contributed by atoms with Crippen LogP contribution >= 0.6 is 0 Å². The first kappa shape index (κ1) is 19.3. The highest BCUT2D eigenvalue weighted by molar-refractivity contribution is 5.62. The lowest BCUT2D eigenvalue weighted by atomic mass is 10.2. The van der Waals surface area contributed by atoms with Gasteiger partial charge in [0, 0.05) is 30.0 Å². The van der Waals surface area contributed by atoms with Gasteiger partial charge in [0.25, 0.3) is 0 Å². The fourth-order valence-corrected chi connectivity index (χ4v) is 3.22. The molecule has 0 amide bonds. The van der Waals surface area contributed by atoms with E-state index in [0.29, 0.717) is 11.8 Å². The average molecular weight is 393 g/mol. The molecule has 0 bridgehead atoms. The minimum Gasteiger partial charge on any atom is -0.494 e. The van der Waals surface area contributed by atoms with Gasteiger partial charge in [-0.05, 0) is 42.8 Å². The highest BCUT2D eigenvalue weighted by Crippen LogP contribution is 2.24. The molecule has 0 atom stereocenters. The molecule has 152 valence electrons. The third kappa shape index (κ3) is 5.06. The van der Waals surface area contributed by atoms with Crippen LogP contribution in [0.5, 0.6) is 5.75 Å². The number of nitrogens with one attached hydrogen (secondary N) is 2. The summed E-state index contributed by atoms with van der Waals surface area (Å²) in [4.78, 5) is 6.89. The molecule has 2 N–H and O–H groups in total. The molecule has 1 aliphatic heterocycles. The lowest BCUT2D eigenvalue weighted by Gasteiger charge is -2.28. The van der Waals surface area contributed by atoms with Crippen LogP contribution in [-0.4, -0.2) is 48.1 Å². The molecule has 7 heteroatoms. The number of aromatic amines is 1. The number of anilines is 3. The topological polar surface area (TPSA) is 75.3 Å². The average Bonchev–Trinajstić information content (AvgIpc) is 3.24. The summed E-state index contributed by atoms with van der Waals surface area (Å²) in [6.07, 6.45) is 2.16. The minimum absolute atomic E-state index is 0.538. The number of rotatable bonds is 8. The Morgan fingerprint density at radius 1 is 1.14 bits per heavy atom. The second kappa shape index (κ2) is 9.43. The summed E-state index contributed by atoms with van der Waals surface area (Å²) < 4.78 is 11.2. The second-order valence-corrected chi connectivity index (χ2v) is 7.01. The molecule has 1 fully saturated rings. The Balaban J connectivity index is 1.39. The van der Waals surface area contributed by atoms with Crippen molar-refractivity contribution in [1.29, 1.82) is 0 Å². The van der Waals surface area contributed by atoms with Crippen LogP contribution in [0.2, 0.25) is 0 Å². The fraction of sp³-hybridized carbons (Fsp3) is 0.364. The predicted octanol–water partition coefficient (Wildman–Crippen LogP) is 4.23. The molecule has 1 saturated heterocycles. The van der Waals surface area contributed by atoms with Gasteiger partial charge in [-0.2, -0.15) is 4.98 Å². The summed E-state index contributed by atoms with van der Waals surface area (Å²) in [5.74, 6) is 2.09. The van der Waals surface area contributed by atoms with Crippen molar-refractivity contribution >= 4 is 17.3 Å². The van der Waals surface area contributed by atoms with E-state index in [9.17, 15) is 0 Å². The smallest absolute Gasteiger partial charge is 0.246 e. The Kier molecular flexibility index (Phi) is 6.26. The summed E-state index contributed by atoms with van der Waals surface area (Å²) in [5, 5.41) is 10.5. The predicted molar refractivity (Wildman–Crippen MR) is 115 cm³/mol. The molecule has 29 heavy (non-hydrogen) atoms. The Morgan fingerprint density at radius 3 is 2.76 bits per heavy atom. The maximum atomic E-state index is 5.78. The standard InChI is InChI=1S/C22H27N5O2/c1-2-3-13-29-20-6-4-5-17(16-20)21-24-22(26-25-21)23-18-7-9-19(10-8-18)27-11-14-28-15-12-27/h4-10,16H,2-3,11-15H2,1H3,(H2,23,24,25,26). The molecule has 1 aliphatic rings. The van der Waals surface area contributed by atoms with E-state index in [0.717, 1.165) is 62.8 Å². The van der Waals surface area contributed by atoms with Crippen molar-refractivity contribution in [3.63, 3.8) is 0 Å². The molecular weight excluding hydrogens is 366 g/mol. The van der Waals surface area contributed by atoms with Gasteiger partial charge in [-0.3, -0.25) is 5.10 Å². The van der Waals surface area contributed by atoms with Gasteiger partial charge in [0.05, 0.1) is 19.8 Å². The monoisotopic (exact) mass is 393 g/mol. The zero-order chi connectivity index (χ0) is 19.9. The van der Waals surface area contributed by atoms with E-state index in [-0.39, 0.29) is 0 Å². The van der Waals surface area contributed by atoms with Crippen LogP contribution in [0.15, 0.2) is 48.5 Å². The van der Waals surface area contributed by atoms with E-state index < -0.39 is 0 Å². The third-order valence-electron chi connectivity index (χ3n) is 4.86. The number of unbranched alkanes of at least 4 members (excludes halogenated alkanes) is 1. The maximum absolute atomic E-state index is 5.78. The lowest BCUT2D eigenvalue weighted by molar-refractivity contribution is 0.122. The summed E-state index contributed by atoms with van der Waals surface area (Å²) in [6.45, 7) is 6.30. The lowest BCUT2D eigenvalue weighted by Crippen LogP contribution is -2.36. The number of hydrogen-bond acceptors (Lipinski definition) is 6. The molecule has 0 radical (unpaired) electrons. The molecule has 4 rings (SSSR count). The van der Waals surface area contributed by atoms with Gasteiger partial charge in [0.15, 0.2) is 5.82 Å². The van der Waals surface area contributed by atoms with Crippen LogP contribution < -0.4 is 15.0 Å². The summed E-state index contributed by atoms with van der Waals surface area (Å²) in [5.41, 5.74) is 3.10.